The number of carbonyl (C=O) groups is 1. The number of hydrogen-bond donors (Lipinski definition) is 0. The second kappa shape index (κ2) is 4.02. The smallest absolute Gasteiger partial charge is 0.275 e. The molecule has 0 heterocycles. The van der Waals surface area contributed by atoms with Gasteiger partial charge >= 0.3 is 0 Å². The Labute approximate surface area is 90.9 Å². The molecule has 1 rings (SSSR count). The Morgan fingerprint density at radius 3 is 2.57 bits per heavy atom. The monoisotopic (exact) mass is 281 g/mol. The van der Waals surface area contributed by atoms with Gasteiger partial charge in [-0.25, -0.2) is 4.39 Å². The fourth-order valence-electron chi connectivity index (χ4n) is 0.901. The van der Waals surface area contributed by atoms with Crippen LogP contribution >= 0.6 is 27.5 Å². The summed E-state index contributed by atoms with van der Waals surface area (Å²) in [7, 11) is 0. The van der Waals surface area contributed by atoms with Gasteiger partial charge in [-0.2, -0.15) is 0 Å². The average molecular weight is 282 g/mol. The number of hydrogen-bond acceptors (Lipinski definition) is 3. The molecule has 1 aromatic rings. The molecule has 0 N–H and O–H groups in total. The molecule has 1 aromatic carbocycles. The quantitative estimate of drug-likeness (QED) is 0.476. The van der Waals surface area contributed by atoms with Crippen molar-refractivity contribution in [2.24, 2.45) is 0 Å². The maximum absolute atomic E-state index is 12.8. The summed E-state index contributed by atoms with van der Waals surface area (Å²) in [4.78, 5) is 20.4. The lowest BCUT2D eigenvalue weighted by atomic mass is 10.2. The molecule has 0 radical (unpaired) electrons. The Kier molecular flexibility index (Phi) is 3.17. The van der Waals surface area contributed by atoms with Crippen molar-refractivity contribution in [1.82, 2.24) is 0 Å². The summed E-state index contributed by atoms with van der Waals surface area (Å²) in [6.45, 7) is 0. The van der Waals surface area contributed by atoms with Gasteiger partial charge in [0.05, 0.1) is 9.40 Å². The van der Waals surface area contributed by atoms with E-state index in [0.29, 0.717) is 0 Å². The van der Waals surface area contributed by atoms with Gasteiger partial charge in [0.15, 0.2) is 0 Å². The Morgan fingerprint density at radius 1 is 1.57 bits per heavy atom. The van der Waals surface area contributed by atoms with Crippen LogP contribution in [0.5, 0.6) is 0 Å². The van der Waals surface area contributed by atoms with Gasteiger partial charge in [0.1, 0.15) is 11.4 Å². The molecule has 0 amide bonds. The minimum atomic E-state index is -1.07. The third kappa shape index (κ3) is 2.08. The molecule has 0 atom stereocenters. The summed E-state index contributed by atoms with van der Waals surface area (Å²) in [5.74, 6) is -0.772. The highest BCUT2D eigenvalue weighted by Crippen LogP contribution is 2.30. The molecule has 0 fully saturated rings. The SMILES string of the molecule is O=C(Cl)c1cc(F)cc(Br)c1[N+](=O)[O-]. The lowest BCUT2D eigenvalue weighted by molar-refractivity contribution is -0.385. The van der Waals surface area contributed by atoms with Crippen molar-refractivity contribution in [3.05, 3.63) is 38.1 Å². The zero-order valence-corrected chi connectivity index (χ0v) is 8.80. The highest BCUT2D eigenvalue weighted by molar-refractivity contribution is 9.10. The first-order chi connectivity index (χ1) is 6.43. The maximum Gasteiger partial charge on any atom is 0.295 e. The normalized spacial score (nSPS) is 9.93. The van der Waals surface area contributed by atoms with Crippen LogP contribution in [0.4, 0.5) is 10.1 Å². The van der Waals surface area contributed by atoms with Crippen molar-refractivity contribution < 1.29 is 14.1 Å². The number of nitrogens with zero attached hydrogens (tertiary/aromatic N) is 1. The molecular formula is C7H2BrClFNO3. The van der Waals surface area contributed by atoms with E-state index in [9.17, 15) is 19.3 Å². The predicted octanol–water partition coefficient (Wildman–Crippen LogP) is 2.88. The zero-order valence-electron chi connectivity index (χ0n) is 6.46. The van der Waals surface area contributed by atoms with Gasteiger partial charge in [0.2, 0.25) is 0 Å². The van der Waals surface area contributed by atoms with Crippen LogP contribution in [0.3, 0.4) is 0 Å². The lowest BCUT2D eigenvalue weighted by Crippen LogP contribution is -2.00. The topological polar surface area (TPSA) is 60.2 Å². The van der Waals surface area contributed by atoms with Crippen LogP contribution < -0.4 is 0 Å². The van der Waals surface area contributed by atoms with Crippen molar-refractivity contribution in [1.29, 1.82) is 0 Å². The Bertz CT molecular complexity index is 424. The summed E-state index contributed by atoms with van der Waals surface area (Å²) in [5.41, 5.74) is -1.00. The Morgan fingerprint density at radius 2 is 2.14 bits per heavy atom. The van der Waals surface area contributed by atoms with E-state index in [4.69, 9.17) is 11.6 Å². The zero-order chi connectivity index (χ0) is 10.9. The van der Waals surface area contributed by atoms with Gasteiger partial charge in [-0.1, -0.05) is 0 Å². The fraction of sp³-hybridized carbons (Fsp3) is 0. The van der Waals surface area contributed by atoms with Crippen LogP contribution in [0.1, 0.15) is 10.4 Å². The van der Waals surface area contributed by atoms with E-state index in [1.54, 1.807) is 0 Å². The minimum Gasteiger partial charge on any atom is -0.275 e. The third-order valence-electron chi connectivity index (χ3n) is 1.42. The fourth-order valence-corrected chi connectivity index (χ4v) is 1.62. The number of benzene rings is 1. The number of halogens is 3. The summed E-state index contributed by atoms with van der Waals surface area (Å²) < 4.78 is 12.6. The largest absolute Gasteiger partial charge is 0.295 e. The highest BCUT2D eigenvalue weighted by Gasteiger charge is 2.23. The molecule has 0 unspecified atom stereocenters. The molecular weight excluding hydrogens is 280 g/mol. The first kappa shape index (κ1) is 11.1. The average Bonchev–Trinajstić information content (AvgIpc) is 2.01. The van der Waals surface area contributed by atoms with E-state index in [2.05, 4.69) is 15.9 Å². The van der Waals surface area contributed by atoms with Crippen LogP contribution in [0, 0.1) is 15.9 Å². The number of nitro groups is 1. The van der Waals surface area contributed by atoms with E-state index in [-0.39, 0.29) is 4.47 Å². The van der Waals surface area contributed by atoms with Crippen LogP contribution in [0.25, 0.3) is 0 Å². The van der Waals surface area contributed by atoms with Crippen LogP contribution in [-0.2, 0) is 0 Å². The lowest BCUT2D eigenvalue weighted by Gasteiger charge is -2.00. The third-order valence-corrected chi connectivity index (χ3v) is 2.23. The molecule has 74 valence electrons. The second-order valence-electron chi connectivity index (χ2n) is 2.31. The molecule has 0 bridgehead atoms. The Balaban J connectivity index is 3.52. The summed E-state index contributed by atoms with van der Waals surface area (Å²) in [6.07, 6.45) is 0. The second-order valence-corrected chi connectivity index (χ2v) is 3.51. The van der Waals surface area contributed by atoms with Gasteiger partial charge in [-0.3, -0.25) is 14.9 Å². The number of carbonyl (C=O) groups excluding carboxylic acids is 1. The number of rotatable bonds is 2. The van der Waals surface area contributed by atoms with Gasteiger partial charge in [0, 0.05) is 0 Å². The Hall–Kier alpha value is -1.01. The maximum atomic E-state index is 12.8. The van der Waals surface area contributed by atoms with E-state index >= 15 is 0 Å². The standard InChI is InChI=1S/C7H2BrClFNO3/c8-5-2-3(10)1-4(7(9)12)6(5)11(13)14/h1-2H. The van der Waals surface area contributed by atoms with Crippen molar-refractivity contribution in [2.45, 2.75) is 0 Å². The molecule has 0 saturated heterocycles. The van der Waals surface area contributed by atoms with Gasteiger partial charge in [-0.05, 0) is 39.7 Å². The molecule has 4 nitrogen and oxygen atoms in total. The van der Waals surface area contributed by atoms with Crippen molar-refractivity contribution >= 4 is 38.5 Å². The summed E-state index contributed by atoms with van der Waals surface area (Å²) in [6, 6.07) is 1.61. The highest BCUT2D eigenvalue weighted by atomic mass is 79.9. The summed E-state index contributed by atoms with van der Waals surface area (Å²) >= 11 is 7.84. The van der Waals surface area contributed by atoms with Crippen molar-refractivity contribution in [2.75, 3.05) is 0 Å². The number of nitro benzene ring substituents is 1. The van der Waals surface area contributed by atoms with Crippen LogP contribution in [0.2, 0.25) is 0 Å². The van der Waals surface area contributed by atoms with Gasteiger partial charge in [-0.15, -0.1) is 0 Å². The summed E-state index contributed by atoms with van der Waals surface area (Å²) in [5, 5.41) is 9.43. The van der Waals surface area contributed by atoms with E-state index in [1.807, 2.05) is 0 Å². The molecule has 0 spiro atoms. The van der Waals surface area contributed by atoms with Gasteiger partial charge < -0.3 is 0 Å². The van der Waals surface area contributed by atoms with Crippen molar-refractivity contribution in [3.8, 4) is 0 Å². The molecule has 14 heavy (non-hydrogen) atoms. The molecule has 0 aliphatic carbocycles. The van der Waals surface area contributed by atoms with E-state index in [0.717, 1.165) is 12.1 Å². The van der Waals surface area contributed by atoms with Crippen molar-refractivity contribution in [3.63, 3.8) is 0 Å². The van der Waals surface area contributed by atoms with Crippen LogP contribution in [0.15, 0.2) is 16.6 Å². The first-order valence-electron chi connectivity index (χ1n) is 3.26. The molecule has 0 aromatic heterocycles. The molecule has 0 aliphatic heterocycles. The predicted molar refractivity (Wildman–Crippen MR) is 50.9 cm³/mol. The molecule has 7 heteroatoms. The minimum absolute atomic E-state index is 0.119. The van der Waals surface area contributed by atoms with E-state index in [1.165, 1.54) is 0 Å². The van der Waals surface area contributed by atoms with Gasteiger partial charge in [0.25, 0.3) is 10.9 Å². The first-order valence-corrected chi connectivity index (χ1v) is 4.44. The molecule has 0 saturated carbocycles. The van der Waals surface area contributed by atoms with E-state index < -0.39 is 27.2 Å². The molecule has 0 aliphatic rings. The van der Waals surface area contributed by atoms with Crippen LogP contribution in [-0.4, -0.2) is 10.2 Å².